The molecule has 0 heterocycles. The number of rotatable bonds is 2. The average Bonchev–Trinajstić information content (AvgIpc) is 2.03. The predicted molar refractivity (Wildman–Crippen MR) is 53.2 cm³/mol. The maximum Gasteiger partial charge on any atom is 0.263 e. The Labute approximate surface area is 85.1 Å². The largest absolute Gasteiger partial charge is 0.263 e. The Morgan fingerprint density at radius 1 is 1.08 bits per heavy atom. The van der Waals surface area contributed by atoms with Crippen LogP contribution in [0.4, 0.5) is 8.78 Å². The van der Waals surface area contributed by atoms with Crippen molar-refractivity contribution in [2.24, 2.45) is 0 Å². The summed E-state index contributed by atoms with van der Waals surface area (Å²) >= 11 is 3.22. The Bertz CT molecular complexity index is 269. The van der Waals surface area contributed by atoms with Crippen molar-refractivity contribution in [2.45, 2.75) is 26.2 Å². The van der Waals surface area contributed by atoms with Crippen molar-refractivity contribution in [3.63, 3.8) is 0 Å². The van der Waals surface area contributed by atoms with Crippen LogP contribution in [0.5, 0.6) is 0 Å². The maximum absolute atomic E-state index is 12.4. The molecular formula is C10H11BrF2. The number of hydrogen-bond acceptors (Lipinski definition) is 0. The Hall–Kier alpha value is -0.440. The van der Waals surface area contributed by atoms with E-state index >= 15 is 0 Å². The lowest BCUT2D eigenvalue weighted by atomic mass is 10.0. The first-order chi connectivity index (χ1) is 6.00. The van der Waals surface area contributed by atoms with Gasteiger partial charge in [-0.2, -0.15) is 0 Å². The summed E-state index contributed by atoms with van der Waals surface area (Å²) in [5.41, 5.74) is 1.02. The Balaban J connectivity index is 3.11. The molecule has 0 aliphatic rings. The van der Waals surface area contributed by atoms with Crippen LogP contribution < -0.4 is 0 Å². The first-order valence-electron chi connectivity index (χ1n) is 4.09. The van der Waals surface area contributed by atoms with E-state index in [0.29, 0.717) is 4.47 Å². The van der Waals surface area contributed by atoms with E-state index in [1.807, 2.05) is 19.9 Å². The van der Waals surface area contributed by atoms with Gasteiger partial charge in [0.25, 0.3) is 6.43 Å². The lowest BCUT2D eigenvalue weighted by molar-refractivity contribution is 0.151. The molecule has 1 aromatic rings. The Morgan fingerprint density at radius 3 is 2.08 bits per heavy atom. The van der Waals surface area contributed by atoms with E-state index in [4.69, 9.17) is 0 Å². The van der Waals surface area contributed by atoms with Crippen molar-refractivity contribution in [1.29, 1.82) is 0 Å². The van der Waals surface area contributed by atoms with E-state index in [1.54, 1.807) is 6.07 Å². The fourth-order valence-corrected chi connectivity index (χ4v) is 1.62. The minimum atomic E-state index is -2.39. The molecule has 0 spiro atoms. The van der Waals surface area contributed by atoms with Crippen LogP contribution in [0, 0.1) is 0 Å². The van der Waals surface area contributed by atoms with E-state index in [-0.39, 0.29) is 11.5 Å². The minimum absolute atomic E-state index is 0.0816. The fraction of sp³-hybridized carbons (Fsp3) is 0.400. The van der Waals surface area contributed by atoms with Gasteiger partial charge in [-0.05, 0) is 29.7 Å². The second-order valence-electron chi connectivity index (χ2n) is 3.27. The van der Waals surface area contributed by atoms with Gasteiger partial charge >= 0.3 is 0 Å². The van der Waals surface area contributed by atoms with Gasteiger partial charge in [0.1, 0.15) is 0 Å². The molecule has 0 amide bonds. The number of halogens is 3. The molecule has 0 N–H and O–H groups in total. The fourth-order valence-electron chi connectivity index (χ4n) is 1.10. The summed E-state index contributed by atoms with van der Waals surface area (Å²) in [7, 11) is 0. The second-order valence-corrected chi connectivity index (χ2v) is 4.19. The molecule has 0 unspecified atom stereocenters. The molecule has 0 radical (unpaired) electrons. The van der Waals surface area contributed by atoms with Gasteiger partial charge in [-0.15, -0.1) is 0 Å². The van der Waals surface area contributed by atoms with Gasteiger partial charge in [0.15, 0.2) is 0 Å². The summed E-state index contributed by atoms with van der Waals surface area (Å²) in [5.74, 6) is 0.273. The third-order valence-corrected chi connectivity index (χ3v) is 2.32. The molecule has 3 heteroatoms. The summed E-state index contributed by atoms with van der Waals surface area (Å²) in [6, 6.07) is 4.88. The molecule has 1 rings (SSSR count). The van der Waals surface area contributed by atoms with Crippen LogP contribution in [0.2, 0.25) is 0 Å². The molecule has 13 heavy (non-hydrogen) atoms. The summed E-state index contributed by atoms with van der Waals surface area (Å²) in [6.07, 6.45) is -2.39. The SMILES string of the molecule is CC(C)c1cc(Br)cc(C(F)F)c1. The van der Waals surface area contributed by atoms with Gasteiger partial charge in [0.05, 0.1) is 0 Å². The first-order valence-corrected chi connectivity index (χ1v) is 4.88. The molecule has 0 fully saturated rings. The van der Waals surface area contributed by atoms with Crippen LogP contribution in [0.25, 0.3) is 0 Å². The number of benzene rings is 1. The highest BCUT2D eigenvalue weighted by Crippen LogP contribution is 2.27. The summed E-state index contributed by atoms with van der Waals surface area (Å²) in [5, 5.41) is 0. The van der Waals surface area contributed by atoms with Gasteiger partial charge in [-0.3, -0.25) is 0 Å². The number of hydrogen-bond donors (Lipinski definition) is 0. The highest BCUT2D eigenvalue weighted by atomic mass is 79.9. The average molecular weight is 249 g/mol. The van der Waals surface area contributed by atoms with Crippen molar-refractivity contribution in [1.82, 2.24) is 0 Å². The maximum atomic E-state index is 12.4. The molecule has 0 bridgehead atoms. The third kappa shape index (κ3) is 2.76. The number of alkyl halides is 2. The molecule has 0 nitrogen and oxygen atoms in total. The standard InChI is InChI=1S/C10H11BrF2/c1-6(2)7-3-8(10(12)13)5-9(11)4-7/h3-6,10H,1-2H3. The zero-order valence-electron chi connectivity index (χ0n) is 7.52. The van der Waals surface area contributed by atoms with E-state index in [2.05, 4.69) is 15.9 Å². The molecule has 0 aliphatic carbocycles. The lowest BCUT2D eigenvalue weighted by Gasteiger charge is -2.08. The van der Waals surface area contributed by atoms with Crippen molar-refractivity contribution in [2.75, 3.05) is 0 Å². The van der Waals surface area contributed by atoms with Crippen LogP contribution in [0.15, 0.2) is 22.7 Å². The molecule has 0 aromatic heterocycles. The molecule has 72 valence electrons. The van der Waals surface area contributed by atoms with Crippen molar-refractivity contribution in [3.05, 3.63) is 33.8 Å². The van der Waals surface area contributed by atoms with Gasteiger partial charge in [0.2, 0.25) is 0 Å². The van der Waals surface area contributed by atoms with Gasteiger partial charge in [0, 0.05) is 10.0 Å². The molecule has 1 aromatic carbocycles. The van der Waals surface area contributed by atoms with Crippen LogP contribution in [-0.2, 0) is 0 Å². The van der Waals surface area contributed by atoms with E-state index < -0.39 is 6.43 Å². The highest BCUT2D eigenvalue weighted by Gasteiger charge is 2.10. The van der Waals surface area contributed by atoms with Crippen molar-refractivity contribution in [3.8, 4) is 0 Å². The lowest BCUT2D eigenvalue weighted by Crippen LogP contribution is -1.91. The molecule has 0 saturated heterocycles. The minimum Gasteiger partial charge on any atom is -0.205 e. The zero-order valence-corrected chi connectivity index (χ0v) is 9.11. The van der Waals surface area contributed by atoms with Crippen LogP contribution in [0.3, 0.4) is 0 Å². The monoisotopic (exact) mass is 248 g/mol. The quantitative estimate of drug-likeness (QED) is 0.723. The third-order valence-electron chi connectivity index (χ3n) is 1.86. The van der Waals surface area contributed by atoms with Gasteiger partial charge < -0.3 is 0 Å². The normalized spacial score (nSPS) is 11.3. The van der Waals surface area contributed by atoms with Gasteiger partial charge in [-0.1, -0.05) is 29.8 Å². The molecule has 0 atom stereocenters. The van der Waals surface area contributed by atoms with E-state index in [1.165, 1.54) is 6.07 Å². The van der Waals surface area contributed by atoms with Crippen molar-refractivity contribution < 1.29 is 8.78 Å². The Morgan fingerprint density at radius 2 is 1.62 bits per heavy atom. The smallest absolute Gasteiger partial charge is 0.205 e. The highest BCUT2D eigenvalue weighted by molar-refractivity contribution is 9.10. The zero-order chi connectivity index (χ0) is 10.0. The molecule has 0 saturated carbocycles. The summed E-state index contributed by atoms with van der Waals surface area (Å²) < 4.78 is 25.5. The predicted octanol–water partition coefficient (Wildman–Crippen LogP) is 4.51. The second kappa shape index (κ2) is 4.18. The van der Waals surface area contributed by atoms with Crippen LogP contribution >= 0.6 is 15.9 Å². The summed E-state index contributed by atoms with van der Waals surface area (Å²) in [6.45, 7) is 3.97. The van der Waals surface area contributed by atoms with E-state index in [9.17, 15) is 8.78 Å². The molecular weight excluding hydrogens is 238 g/mol. The van der Waals surface area contributed by atoms with Crippen LogP contribution in [-0.4, -0.2) is 0 Å². The Kier molecular flexibility index (Phi) is 3.42. The molecule has 0 aliphatic heterocycles. The first kappa shape index (κ1) is 10.6. The van der Waals surface area contributed by atoms with E-state index in [0.717, 1.165) is 5.56 Å². The summed E-state index contributed by atoms with van der Waals surface area (Å²) in [4.78, 5) is 0. The van der Waals surface area contributed by atoms with Gasteiger partial charge in [-0.25, -0.2) is 8.78 Å². The van der Waals surface area contributed by atoms with Crippen molar-refractivity contribution >= 4 is 15.9 Å². The van der Waals surface area contributed by atoms with Crippen LogP contribution in [0.1, 0.15) is 37.3 Å². The topological polar surface area (TPSA) is 0 Å².